The summed E-state index contributed by atoms with van der Waals surface area (Å²) in [6, 6.07) is 25.3. The molecule has 5 heteroatoms. The quantitative estimate of drug-likeness (QED) is 0.298. The average molecular weight is 469 g/mol. The molecule has 1 fully saturated rings. The number of nitrogens with zero attached hydrogens (tertiary/aromatic N) is 3. The minimum absolute atomic E-state index is 0.873. The van der Waals surface area contributed by atoms with Crippen LogP contribution in [0, 0.1) is 0 Å². The number of hydrogen-bond donors (Lipinski definition) is 1. The number of ether oxygens (including phenoxy) is 1. The number of nitrogens with one attached hydrogen (secondary N) is 1. The first-order valence-electron chi connectivity index (χ1n) is 12.7. The van der Waals surface area contributed by atoms with Crippen LogP contribution in [-0.4, -0.2) is 56.7 Å². The highest BCUT2D eigenvalue weighted by atomic mass is 16.5. The van der Waals surface area contributed by atoms with Gasteiger partial charge in [-0.2, -0.15) is 0 Å². The third kappa shape index (κ3) is 5.63. The largest absolute Gasteiger partial charge is 0.455 e. The molecular formula is C30H36N4O. The Morgan fingerprint density at radius 2 is 1.66 bits per heavy atom. The Labute approximate surface area is 208 Å². The SMILES string of the molecule is CN(C)c1cccc(Oc2ccccc2N2CCN(CCCCc3c[nH]c4ccccc34)CC2)c1. The first kappa shape index (κ1) is 23.3. The molecule has 182 valence electrons. The Hall–Kier alpha value is -3.44. The topological polar surface area (TPSA) is 34.7 Å². The van der Waals surface area contributed by atoms with Crippen LogP contribution in [-0.2, 0) is 6.42 Å². The molecule has 5 nitrogen and oxygen atoms in total. The molecule has 0 atom stereocenters. The molecule has 35 heavy (non-hydrogen) atoms. The number of H-pyrrole nitrogens is 1. The predicted molar refractivity (Wildman–Crippen MR) is 147 cm³/mol. The molecule has 0 bridgehead atoms. The van der Waals surface area contributed by atoms with Crippen molar-refractivity contribution in [1.29, 1.82) is 0 Å². The van der Waals surface area contributed by atoms with Gasteiger partial charge in [-0.15, -0.1) is 0 Å². The molecule has 3 aromatic carbocycles. The predicted octanol–water partition coefficient (Wildman–Crippen LogP) is 6.17. The number of benzene rings is 3. The van der Waals surface area contributed by atoms with Gasteiger partial charge in [-0.25, -0.2) is 0 Å². The smallest absolute Gasteiger partial charge is 0.150 e. The van der Waals surface area contributed by atoms with Crippen LogP contribution in [0.25, 0.3) is 10.9 Å². The van der Waals surface area contributed by atoms with E-state index in [1.54, 1.807) is 0 Å². The van der Waals surface area contributed by atoms with E-state index < -0.39 is 0 Å². The fraction of sp³-hybridized carbons (Fsp3) is 0.333. The lowest BCUT2D eigenvalue weighted by Gasteiger charge is -2.36. The van der Waals surface area contributed by atoms with Gasteiger partial charge in [-0.1, -0.05) is 36.4 Å². The number of piperazine rings is 1. The second-order valence-corrected chi connectivity index (χ2v) is 9.61. The third-order valence-electron chi connectivity index (χ3n) is 6.99. The molecule has 0 aliphatic carbocycles. The van der Waals surface area contributed by atoms with Crippen LogP contribution in [0.3, 0.4) is 0 Å². The van der Waals surface area contributed by atoms with Crippen molar-refractivity contribution in [3.63, 3.8) is 0 Å². The van der Waals surface area contributed by atoms with Crippen molar-refractivity contribution in [1.82, 2.24) is 9.88 Å². The van der Waals surface area contributed by atoms with Crippen molar-refractivity contribution in [2.45, 2.75) is 19.3 Å². The van der Waals surface area contributed by atoms with Gasteiger partial charge in [-0.3, -0.25) is 4.90 Å². The number of rotatable bonds is 9. The molecule has 0 amide bonds. The molecule has 0 saturated carbocycles. The molecule has 5 rings (SSSR count). The molecule has 1 saturated heterocycles. The Balaban J connectivity index is 1.12. The fourth-order valence-corrected chi connectivity index (χ4v) is 4.96. The standard InChI is InChI=1S/C30H36N4O/c1-32(2)25-11-9-12-26(22-25)35-30-16-6-5-15-29(30)34-20-18-33(19-21-34)17-8-7-10-24-23-31-28-14-4-3-13-27(24)28/h3-6,9,11-16,22-23,31H,7-8,10,17-21H2,1-2H3. The Morgan fingerprint density at radius 3 is 2.51 bits per heavy atom. The highest BCUT2D eigenvalue weighted by Gasteiger charge is 2.20. The zero-order valence-electron chi connectivity index (χ0n) is 20.9. The fourth-order valence-electron chi connectivity index (χ4n) is 4.96. The summed E-state index contributed by atoms with van der Waals surface area (Å²) in [7, 11) is 4.10. The summed E-state index contributed by atoms with van der Waals surface area (Å²) in [5.74, 6) is 1.80. The summed E-state index contributed by atoms with van der Waals surface area (Å²) in [6.07, 6.45) is 5.79. The lowest BCUT2D eigenvalue weighted by molar-refractivity contribution is 0.252. The normalized spacial score (nSPS) is 14.4. The van der Waals surface area contributed by atoms with E-state index in [9.17, 15) is 0 Å². The van der Waals surface area contributed by atoms with Crippen LogP contribution in [0.15, 0.2) is 79.0 Å². The highest BCUT2D eigenvalue weighted by molar-refractivity contribution is 5.83. The zero-order valence-corrected chi connectivity index (χ0v) is 20.9. The molecule has 1 aliphatic heterocycles. The maximum atomic E-state index is 6.34. The molecule has 1 N–H and O–H groups in total. The Bertz CT molecular complexity index is 1240. The maximum absolute atomic E-state index is 6.34. The summed E-state index contributed by atoms with van der Waals surface area (Å²) in [4.78, 5) is 10.6. The van der Waals surface area contributed by atoms with Gasteiger partial charge in [0.05, 0.1) is 5.69 Å². The van der Waals surface area contributed by atoms with Gasteiger partial charge < -0.3 is 19.5 Å². The number of anilines is 2. The van der Waals surface area contributed by atoms with Crippen molar-refractivity contribution < 1.29 is 4.74 Å². The van der Waals surface area contributed by atoms with E-state index in [4.69, 9.17) is 4.74 Å². The van der Waals surface area contributed by atoms with Crippen LogP contribution in [0.5, 0.6) is 11.5 Å². The van der Waals surface area contributed by atoms with E-state index in [1.807, 2.05) is 12.1 Å². The van der Waals surface area contributed by atoms with E-state index in [0.29, 0.717) is 0 Å². The van der Waals surface area contributed by atoms with E-state index in [2.05, 4.69) is 101 Å². The summed E-state index contributed by atoms with van der Waals surface area (Å²) >= 11 is 0. The van der Waals surface area contributed by atoms with E-state index in [1.165, 1.54) is 41.5 Å². The molecule has 1 aromatic heterocycles. The van der Waals surface area contributed by atoms with Gasteiger partial charge >= 0.3 is 0 Å². The molecule has 0 unspecified atom stereocenters. The van der Waals surface area contributed by atoms with Gasteiger partial charge in [0.15, 0.2) is 5.75 Å². The van der Waals surface area contributed by atoms with E-state index >= 15 is 0 Å². The highest BCUT2D eigenvalue weighted by Crippen LogP contribution is 2.34. The number of aromatic nitrogens is 1. The van der Waals surface area contributed by atoms with Crippen molar-refractivity contribution >= 4 is 22.3 Å². The zero-order chi connectivity index (χ0) is 24.0. The van der Waals surface area contributed by atoms with Gasteiger partial charge in [0.2, 0.25) is 0 Å². The molecule has 2 heterocycles. The third-order valence-corrected chi connectivity index (χ3v) is 6.99. The second-order valence-electron chi connectivity index (χ2n) is 9.61. The van der Waals surface area contributed by atoms with Crippen molar-refractivity contribution in [3.8, 4) is 11.5 Å². The monoisotopic (exact) mass is 468 g/mol. The first-order valence-corrected chi connectivity index (χ1v) is 12.7. The summed E-state index contributed by atoms with van der Waals surface area (Å²) in [5, 5.41) is 1.37. The van der Waals surface area contributed by atoms with Crippen LogP contribution >= 0.6 is 0 Å². The average Bonchev–Trinajstić information content (AvgIpc) is 3.31. The van der Waals surface area contributed by atoms with Gasteiger partial charge in [0, 0.05) is 69.1 Å². The Kier molecular flexibility index (Phi) is 7.24. The number of para-hydroxylation sites is 3. The molecular weight excluding hydrogens is 432 g/mol. The number of hydrogen-bond acceptors (Lipinski definition) is 4. The molecule has 0 radical (unpaired) electrons. The van der Waals surface area contributed by atoms with E-state index in [-0.39, 0.29) is 0 Å². The summed E-state index contributed by atoms with van der Waals surface area (Å²) in [5.41, 5.74) is 5.01. The van der Waals surface area contributed by atoms with Crippen molar-refractivity contribution in [2.75, 3.05) is 56.6 Å². The minimum Gasteiger partial charge on any atom is -0.455 e. The van der Waals surface area contributed by atoms with E-state index in [0.717, 1.165) is 49.8 Å². The lowest BCUT2D eigenvalue weighted by atomic mass is 10.1. The van der Waals surface area contributed by atoms with Crippen LogP contribution in [0.2, 0.25) is 0 Å². The number of aromatic amines is 1. The summed E-state index contributed by atoms with van der Waals surface area (Å²) < 4.78 is 6.34. The second kappa shape index (κ2) is 10.9. The molecule has 1 aliphatic rings. The van der Waals surface area contributed by atoms with Crippen LogP contribution in [0.1, 0.15) is 18.4 Å². The maximum Gasteiger partial charge on any atom is 0.150 e. The first-order chi connectivity index (χ1) is 17.2. The van der Waals surface area contributed by atoms with Crippen molar-refractivity contribution in [3.05, 3.63) is 84.6 Å². The van der Waals surface area contributed by atoms with Crippen LogP contribution < -0.4 is 14.5 Å². The number of aryl methyl sites for hydroxylation is 1. The van der Waals surface area contributed by atoms with Gasteiger partial charge in [-0.05, 0) is 61.7 Å². The number of fused-ring (bicyclic) bond motifs is 1. The number of unbranched alkanes of at least 4 members (excludes halogenated alkanes) is 1. The minimum atomic E-state index is 0.873. The Morgan fingerprint density at radius 1 is 0.857 bits per heavy atom. The molecule has 0 spiro atoms. The van der Waals surface area contributed by atoms with Crippen LogP contribution in [0.4, 0.5) is 11.4 Å². The van der Waals surface area contributed by atoms with Gasteiger partial charge in [0.1, 0.15) is 5.75 Å². The van der Waals surface area contributed by atoms with Crippen molar-refractivity contribution in [2.24, 2.45) is 0 Å². The molecule has 4 aromatic rings. The lowest BCUT2D eigenvalue weighted by Crippen LogP contribution is -2.46. The van der Waals surface area contributed by atoms with Gasteiger partial charge in [0.25, 0.3) is 0 Å². The summed E-state index contributed by atoms with van der Waals surface area (Å²) in [6.45, 7) is 5.42.